The van der Waals surface area contributed by atoms with Gasteiger partial charge >= 0.3 is 5.97 Å². The lowest BCUT2D eigenvalue weighted by Crippen LogP contribution is -2.15. The molecule has 94 valence electrons. The molecule has 0 fully saturated rings. The maximum absolute atomic E-state index is 11.2. The van der Waals surface area contributed by atoms with E-state index in [1.807, 2.05) is 27.7 Å². The van der Waals surface area contributed by atoms with E-state index in [4.69, 9.17) is 4.42 Å². The number of aryl methyl sites for hydroxylation is 1. The van der Waals surface area contributed by atoms with Crippen LogP contribution in [0.15, 0.2) is 4.42 Å². The summed E-state index contributed by atoms with van der Waals surface area (Å²) in [5.74, 6) is -0.261. The van der Waals surface area contributed by atoms with Gasteiger partial charge in [0.2, 0.25) is 0 Å². The van der Waals surface area contributed by atoms with E-state index >= 15 is 0 Å². The molecule has 0 atom stereocenters. The zero-order valence-electron chi connectivity index (χ0n) is 10.7. The van der Waals surface area contributed by atoms with Gasteiger partial charge in [-0.05, 0) is 6.42 Å². The predicted molar refractivity (Wildman–Crippen MR) is 63.7 cm³/mol. The molecule has 17 heavy (non-hydrogen) atoms. The van der Waals surface area contributed by atoms with Gasteiger partial charge in [-0.3, -0.25) is 4.79 Å². The lowest BCUT2D eigenvalue weighted by Gasteiger charge is -2.15. The zero-order chi connectivity index (χ0) is 13.2. The summed E-state index contributed by atoms with van der Waals surface area (Å²) < 4.78 is 5.59. The normalized spacial score (nSPS) is 11.5. The van der Waals surface area contributed by atoms with Gasteiger partial charge < -0.3 is 9.52 Å². The van der Waals surface area contributed by atoms with Crippen molar-refractivity contribution in [1.29, 1.82) is 0 Å². The van der Waals surface area contributed by atoms with E-state index in [1.54, 1.807) is 0 Å². The van der Waals surface area contributed by atoms with Crippen LogP contribution in [0.5, 0.6) is 0 Å². The van der Waals surface area contributed by atoms with Crippen LogP contribution in [0.25, 0.3) is 0 Å². The third kappa shape index (κ3) is 2.57. The Kier molecular flexibility index (Phi) is 3.76. The Labute approximate surface area is 101 Å². The summed E-state index contributed by atoms with van der Waals surface area (Å²) >= 11 is 0. The zero-order valence-corrected chi connectivity index (χ0v) is 10.7. The molecule has 1 aromatic heterocycles. The summed E-state index contributed by atoms with van der Waals surface area (Å²) in [7, 11) is 0. The van der Waals surface area contributed by atoms with Gasteiger partial charge in [-0.15, -0.1) is 0 Å². The third-order valence-corrected chi connectivity index (χ3v) is 2.51. The Balaban J connectivity index is 3.50. The topological polar surface area (TPSA) is 67.5 Å². The van der Waals surface area contributed by atoms with Crippen molar-refractivity contribution in [2.75, 3.05) is 0 Å². The van der Waals surface area contributed by atoms with Crippen LogP contribution in [0.2, 0.25) is 0 Å². The van der Waals surface area contributed by atoms with E-state index < -0.39 is 11.4 Å². The molecule has 0 spiro atoms. The smallest absolute Gasteiger partial charge is 0.340 e. The summed E-state index contributed by atoms with van der Waals surface area (Å²) in [5.41, 5.74) is -0.238. The number of hydrogen-bond donors (Lipinski definition) is 1. The third-order valence-electron chi connectivity index (χ3n) is 2.51. The lowest BCUT2D eigenvalue weighted by molar-refractivity contribution is 0.0689. The minimum atomic E-state index is -1.11. The molecule has 0 aliphatic heterocycles. The van der Waals surface area contributed by atoms with Crippen LogP contribution < -0.4 is 0 Å². The Morgan fingerprint density at radius 3 is 2.35 bits per heavy atom. The molecule has 1 aromatic rings. The monoisotopic (exact) mass is 238 g/mol. The van der Waals surface area contributed by atoms with Crippen LogP contribution in [0, 0.1) is 0 Å². The fraction of sp³-hybridized carbons (Fsp3) is 0.538. The number of furan rings is 1. The van der Waals surface area contributed by atoms with Crippen LogP contribution >= 0.6 is 0 Å². The second-order valence-electron chi connectivity index (χ2n) is 5.07. The minimum absolute atomic E-state index is 0.0101. The minimum Gasteiger partial charge on any atom is -0.478 e. The molecule has 0 saturated carbocycles. The molecule has 0 aliphatic rings. The molecule has 0 saturated heterocycles. The first-order chi connectivity index (χ1) is 7.82. The summed E-state index contributed by atoms with van der Waals surface area (Å²) in [6.45, 7) is 7.54. The number of carboxylic acid groups (broad SMARTS) is 1. The van der Waals surface area contributed by atoms with Gasteiger partial charge in [0, 0.05) is 11.8 Å². The van der Waals surface area contributed by atoms with E-state index in [9.17, 15) is 14.7 Å². The van der Waals surface area contributed by atoms with E-state index in [-0.39, 0.29) is 11.1 Å². The van der Waals surface area contributed by atoms with Gasteiger partial charge in [0.1, 0.15) is 17.1 Å². The molecule has 1 heterocycles. The number of rotatable bonds is 4. The molecule has 0 unspecified atom stereocenters. The number of hydrogen-bond acceptors (Lipinski definition) is 3. The van der Waals surface area contributed by atoms with Gasteiger partial charge in [0.15, 0.2) is 6.29 Å². The molecule has 0 aromatic carbocycles. The molecule has 1 N–H and O–H groups in total. The molecule has 4 heteroatoms. The van der Waals surface area contributed by atoms with Crippen molar-refractivity contribution in [3.63, 3.8) is 0 Å². The number of carboxylic acids is 1. The highest BCUT2D eigenvalue weighted by Gasteiger charge is 2.31. The van der Waals surface area contributed by atoms with Crippen LogP contribution in [0.4, 0.5) is 0 Å². The standard InChI is InChI=1S/C13H18O4/c1-5-6-9-8(7-14)10(12(15)16)11(17-9)13(2,3)4/h7H,5-6H2,1-4H3,(H,15,16). The Morgan fingerprint density at radius 1 is 1.41 bits per heavy atom. The van der Waals surface area contributed by atoms with Crippen molar-refractivity contribution >= 4 is 12.3 Å². The van der Waals surface area contributed by atoms with Crippen LogP contribution in [-0.4, -0.2) is 17.4 Å². The van der Waals surface area contributed by atoms with Crippen molar-refractivity contribution in [1.82, 2.24) is 0 Å². The maximum atomic E-state index is 11.2. The molecular weight excluding hydrogens is 220 g/mol. The van der Waals surface area contributed by atoms with E-state index in [2.05, 4.69) is 0 Å². The molecule has 0 amide bonds. The van der Waals surface area contributed by atoms with Crippen molar-refractivity contribution in [3.8, 4) is 0 Å². The maximum Gasteiger partial charge on any atom is 0.340 e. The molecule has 0 aliphatic carbocycles. The number of aldehydes is 1. The summed E-state index contributed by atoms with van der Waals surface area (Å²) in [5, 5.41) is 9.20. The van der Waals surface area contributed by atoms with Gasteiger partial charge in [0.25, 0.3) is 0 Å². The highest BCUT2D eigenvalue weighted by atomic mass is 16.4. The Morgan fingerprint density at radius 2 is 2.00 bits per heavy atom. The first-order valence-electron chi connectivity index (χ1n) is 5.67. The highest BCUT2D eigenvalue weighted by Crippen LogP contribution is 2.32. The quantitative estimate of drug-likeness (QED) is 0.818. The largest absolute Gasteiger partial charge is 0.478 e. The second-order valence-corrected chi connectivity index (χ2v) is 5.07. The SMILES string of the molecule is CCCc1oc(C(C)(C)C)c(C(=O)O)c1C=O. The number of carbonyl (C=O) groups is 2. The lowest BCUT2D eigenvalue weighted by atomic mass is 9.89. The molecule has 0 bridgehead atoms. The van der Waals surface area contributed by atoms with E-state index in [0.29, 0.717) is 24.2 Å². The van der Waals surface area contributed by atoms with Gasteiger partial charge in [-0.1, -0.05) is 27.7 Å². The number of carbonyl (C=O) groups excluding carboxylic acids is 1. The molecule has 1 rings (SSSR count). The van der Waals surface area contributed by atoms with Gasteiger partial charge in [-0.2, -0.15) is 0 Å². The summed E-state index contributed by atoms with van der Waals surface area (Å²) in [6, 6.07) is 0. The van der Waals surface area contributed by atoms with Crippen LogP contribution in [0.3, 0.4) is 0 Å². The first kappa shape index (κ1) is 13.5. The molecule has 0 radical (unpaired) electrons. The average Bonchev–Trinajstić information content (AvgIpc) is 2.56. The van der Waals surface area contributed by atoms with Crippen molar-refractivity contribution in [2.45, 2.75) is 46.0 Å². The van der Waals surface area contributed by atoms with Crippen molar-refractivity contribution in [3.05, 3.63) is 22.6 Å². The highest BCUT2D eigenvalue weighted by molar-refractivity contribution is 5.99. The fourth-order valence-corrected chi connectivity index (χ4v) is 1.77. The summed E-state index contributed by atoms with van der Waals surface area (Å²) in [4.78, 5) is 22.3. The van der Waals surface area contributed by atoms with E-state index in [1.165, 1.54) is 0 Å². The van der Waals surface area contributed by atoms with E-state index in [0.717, 1.165) is 6.42 Å². The average molecular weight is 238 g/mol. The first-order valence-corrected chi connectivity index (χ1v) is 5.67. The Hall–Kier alpha value is -1.58. The van der Waals surface area contributed by atoms with Crippen LogP contribution in [-0.2, 0) is 11.8 Å². The van der Waals surface area contributed by atoms with Gasteiger partial charge in [-0.25, -0.2) is 4.79 Å². The predicted octanol–water partition coefficient (Wildman–Crippen LogP) is 3.04. The van der Waals surface area contributed by atoms with Crippen molar-refractivity contribution in [2.24, 2.45) is 0 Å². The molecular formula is C13H18O4. The van der Waals surface area contributed by atoms with Gasteiger partial charge in [0.05, 0.1) is 5.56 Å². The summed E-state index contributed by atoms with van der Waals surface area (Å²) in [6.07, 6.45) is 1.95. The molecule has 4 nitrogen and oxygen atoms in total. The fourth-order valence-electron chi connectivity index (χ4n) is 1.77. The Bertz CT molecular complexity index is 435. The van der Waals surface area contributed by atoms with Crippen molar-refractivity contribution < 1.29 is 19.1 Å². The van der Waals surface area contributed by atoms with Crippen LogP contribution in [0.1, 0.15) is 66.4 Å². The number of aromatic carboxylic acids is 1. The second kappa shape index (κ2) is 4.73.